The predicted octanol–water partition coefficient (Wildman–Crippen LogP) is 1.39. The highest BCUT2D eigenvalue weighted by atomic mass is 16.2. The molecule has 1 aliphatic heterocycles. The lowest BCUT2D eigenvalue weighted by molar-refractivity contribution is -0.122. The predicted molar refractivity (Wildman–Crippen MR) is 93.7 cm³/mol. The van der Waals surface area contributed by atoms with E-state index in [0.29, 0.717) is 0 Å². The highest BCUT2D eigenvalue weighted by molar-refractivity contribution is 5.76. The molecule has 1 aliphatic carbocycles. The van der Waals surface area contributed by atoms with Gasteiger partial charge in [-0.1, -0.05) is 5.21 Å². The number of aromatic nitrogens is 4. The van der Waals surface area contributed by atoms with Crippen LogP contribution in [0.3, 0.4) is 0 Å². The number of likely N-dealkylation sites (tertiary alicyclic amines) is 1. The normalized spacial score (nSPS) is 19.1. The largest absolute Gasteiger partial charge is 0.352 e. The third kappa shape index (κ3) is 4.04. The molecule has 0 radical (unpaired) electrons. The van der Waals surface area contributed by atoms with Crippen molar-refractivity contribution in [3.8, 4) is 11.3 Å². The lowest BCUT2D eigenvalue weighted by Crippen LogP contribution is -2.46. The van der Waals surface area contributed by atoms with Crippen molar-refractivity contribution < 1.29 is 4.79 Å². The summed E-state index contributed by atoms with van der Waals surface area (Å²) in [5.74, 6) is 0.00670. The van der Waals surface area contributed by atoms with Crippen molar-refractivity contribution in [3.63, 3.8) is 0 Å². The van der Waals surface area contributed by atoms with Crippen molar-refractivity contribution >= 4 is 5.91 Å². The lowest BCUT2D eigenvalue weighted by Gasteiger charge is -2.32. The van der Waals surface area contributed by atoms with E-state index in [-0.39, 0.29) is 18.5 Å². The van der Waals surface area contributed by atoms with Gasteiger partial charge in [0.25, 0.3) is 0 Å². The van der Waals surface area contributed by atoms with Crippen LogP contribution in [0.5, 0.6) is 0 Å². The topological polar surface area (TPSA) is 75.9 Å². The van der Waals surface area contributed by atoms with Crippen LogP contribution in [0.15, 0.2) is 24.5 Å². The quantitative estimate of drug-likeness (QED) is 0.890. The Hall–Kier alpha value is -2.28. The fraction of sp³-hybridized carbons (Fsp3) is 0.556. The van der Waals surface area contributed by atoms with E-state index in [2.05, 4.69) is 25.5 Å². The SMILES string of the molecule is Cc1cc(-c2cn(CC(=O)NC3CCN(C4CC4)CC3)nn2)ccn1. The van der Waals surface area contributed by atoms with E-state index in [1.54, 1.807) is 10.9 Å². The highest BCUT2D eigenvalue weighted by Gasteiger charge is 2.32. The molecule has 1 N–H and O–H groups in total. The fourth-order valence-electron chi connectivity index (χ4n) is 3.48. The Morgan fingerprint density at radius 1 is 1.28 bits per heavy atom. The number of pyridine rings is 1. The average Bonchev–Trinajstić information content (AvgIpc) is 3.35. The van der Waals surface area contributed by atoms with Crippen molar-refractivity contribution in [1.82, 2.24) is 30.2 Å². The first-order valence-corrected chi connectivity index (χ1v) is 9.04. The van der Waals surface area contributed by atoms with E-state index in [4.69, 9.17) is 0 Å². The summed E-state index contributed by atoms with van der Waals surface area (Å²) in [5, 5.41) is 11.4. The summed E-state index contributed by atoms with van der Waals surface area (Å²) in [4.78, 5) is 19.0. The molecule has 1 amide bonds. The Labute approximate surface area is 147 Å². The molecule has 0 bridgehead atoms. The van der Waals surface area contributed by atoms with Crippen molar-refractivity contribution in [2.45, 2.75) is 51.2 Å². The van der Waals surface area contributed by atoms with Crippen LogP contribution >= 0.6 is 0 Å². The maximum absolute atomic E-state index is 12.3. The Bertz CT molecular complexity index is 746. The van der Waals surface area contributed by atoms with Gasteiger partial charge in [0.05, 0.1) is 6.20 Å². The van der Waals surface area contributed by atoms with Gasteiger partial charge in [-0.2, -0.15) is 0 Å². The van der Waals surface area contributed by atoms with Gasteiger partial charge in [0.1, 0.15) is 12.2 Å². The summed E-state index contributed by atoms with van der Waals surface area (Å²) in [7, 11) is 0. The van der Waals surface area contributed by atoms with E-state index in [0.717, 1.165) is 48.9 Å². The molecule has 1 saturated heterocycles. The Morgan fingerprint density at radius 2 is 2.08 bits per heavy atom. The van der Waals surface area contributed by atoms with Gasteiger partial charge in [0.15, 0.2) is 0 Å². The minimum absolute atomic E-state index is 0.00670. The molecular formula is C18H24N6O. The van der Waals surface area contributed by atoms with E-state index in [9.17, 15) is 4.79 Å². The summed E-state index contributed by atoms with van der Waals surface area (Å²) < 4.78 is 1.60. The van der Waals surface area contributed by atoms with Crippen LogP contribution in [-0.4, -0.2) is 56.0 Å². The van der Waals surface area contributed by atoms with Crippen LogP contribution in [0.2, 0.25) is 0 Å². The van der Waals surface area contributed by atoms with Crippen molar-refractivity contribution in [3.05, 3.63) is 30.2 Å². The van der Waals surface area contributed by atoms with Crippen molar-refractivity contribution in [2.24, 2.45) is 0 Å². The first-order valence-electron chi connectivity index (χ1n) is 9.04. The summed E-state index contributed by atoms with van der Waals surface area (Å²) in [5.41, 5.74) is 2.66. The molecule has 7 heteroatoms. The monoisotopic (exact) mass is 340 g/mol. The number of rotatable bonds is 5. The van der Waals surface area contributed by atoms with Crippen LogP contribution in [0.1, 0.15) is 31.4 Å². The standard InChI is InChI=1S/C18H24N6O/c1-13-10-14(4-7-19-13)17-11-24(22-21-17)12-18(25)20-15-5-8-23(9-6-15)16-2-3-16/h4,7,10-11,15-16H,2-3,5-6,8-9,12H2,1H3,(H,20,25). The minimum atomic E-state index is 0.00670. The van der Waals surface area contributed by atoms with Gasteiger partial charge in [-0.25, -0.2) is 4.68 Å². The molecule has 3 heterocycles. The second-order valence-electron chi connectivity index (χ2n) is 7.10. The molecule has 1 saturated carbocycles. The third-order valence-corrected chi connectivity index (χ3v) is 4.99. The van der Waals surface area contributed by atoms with E-state index >= 15 is 0 Å². The maximum atomic E-state index is 12.3. The molecule has 2 aliphatic rings. The van der Waals surface area contributed by atoms with Crippen molar-refractivity contribution in [1.29, 1.82) is 0 Å². The molecule has 25 heavy (non-hydrogen) atoms. The lowest BCUT2D eigenvalue weighted by atomic mass is 10.0. The number of hydrogen-bond acceptors (Lipinski definition) is 5. The van der Waals surface area contributed by atoms with Gasteiger partial charge >= 0.3 is 0 Å². The fourth-order valence-corrected chi connectivity index (χ4v) is 3.48. The van der Waals surface area contributed by atoms with Crippen molar-refractivity contribution in [2.75, 3.05) is 13.1 Å². The van der Waals surface area contributed by atoms with Gasteiger partial charge in [-0.3, -0.25) is 9.78 Å². The smallest absolute Gasteiger partial charge is 0.242 e. The minimum Gasteiger partial charge on any atom is -0.352 e. The Balaban J connectivity index is 1.29. The number of piperidine rings is 1. The van der Waals surface area contributed by atoms with Gasteiger partial charge in [0.2, 0.25) is 5.91 Å². The molecule has 0 unspecified atom stereocenters. The first kappa shape index (κ1) is 16.2. The number of nitrogens with one attached hydrogen (secondary N) is 1. The molecule has 0 aromatic carbocycles. The van der Waals surface area contributed by atoms with Crippen LogP contribution < -0.4 is 5.32 Å². The molecule has 2 aromatic rings. The Morgan fingerprint density at radius 3 is 2.80 bits per heavy atom. The summed E-state index contributed by atoms with van der Waals surface area (Å²) in [6.45, 7) is 4.35. The number of hydrogen-bond donors (Lipinski definition) is 1. The maximum Gasteiger partial charge on any atom is 0.242 e. The third-order valence-electron chi connectivity index (χ3n) is 4.99. The highest BCUT2D eigenvalue weighted by Crippen LogP contribution is 2.29. The molecule has 0 atom stereocenters. The van der Waals surface area contributed by atoms with Crippen LogP contribution in [0, 0.1) is 6.92 Å². The summed E-state index contributed by atoms with van der Waals surface area (Å²) >= 11 is 0. The Kier molecular flexibility index (Phi) is 4.48. The first-order chi connectivity index (χ1) is 12.2. The summed E-state index contributed by atoms with van der Waals surface area (Å²) in [6.07, 6.45) is 8.35. The zero-order valence-electron chi connectivity index (χ0n) is 14.6. The van der Waals surface area contributed by atoms with E-state index in [1.807, 2.05) is 25.3 Å². The number of carbonyl (C=O) groups excluding carboxylic acids is 1. The van der Waals surface area contributed by atoms with E-state index < -0.39 is 0 Å². The zero-order valence-corrected chi connectivity index (χ0v) is 14.6. The van der Waals surface area contributed by atoms with Gasteiger partial charge in [0, 0.05) is 42.6 Å². The average molecular weight is 340 g/mol. The van der Waals surface area contributed by atoms with Gasteiger partial charge in [-0.15, -0.1) is 5.10 Å². The zero-order chi connectivity index (χ0) is 17.2. The second kappa shape index (κ2) is 6.92. The molecule has 0 spiro atoms. The summed E-state index contributed by atoms with van der Waals surface area (Å²) in [6, 6.07) is 4.97. The number of carbonyl (C=O) groups is 1. The number of amides is 1. The number of aryl methyl sites for hydroxylation is 1. The van der Waals surface area contributed by atoms with E-state index in [1.165, 1.54) is 12.8 Å². The molecule has 7 nitrogen and oxygen atoms in total. The van der Waals surface area contributed by atoms with Gasteiger partial charge in [-0.05, 0) is 44.7 Å². The van der Waals surface area contributed by atoms with Crippen LogP contribution in [0.4, 0.5) is 0 Å². The second-order valence-corrected chi connectivity index (χ2v) is 7.10. The van der Waals surface area contributed by atoms with Crippen LogP contribution in [-0.2, 0) is 11.3 Å². The molecule has 4 rings (SSSR count). The molecule has 2 fully saturated rings. The van der Waals surface area contributed by atoms with Crippen LogP contribution in [0.25, 0.3) is 11.3 Å². The molecule has 2 aromatic heterocycles. The molecule has 132 valence electrons. The molecular weight excluding hydrogens is 316 g/mol. The van der Waals surface area contributed by atoms with Gasteiger partial charge < -0.3 is 10.2 Å². The number of nitrogens with zero attached hydrogens (tertiary/aromatic N) is 5.